The van der Waals surface area contributed by atoms with Crippen LogP contribution in [0.5, 0.6) is 0 Å². The molecule has 0 radical (unpaired) electrons. The van der Waals surface area contributed by atoms with Gasteiger partial charge in [-0.3, -0.25) is 4.90 Å². The van der Waals surface area contributed by atoms with E-state index in [1.807, 2.05) is 6.92 Å². The molecule has 2 aliphatic heterocycles. The second-order valence-corrected chi connectivity index (χ2v) is 8.83. The van der Waals surface area contributed by atoms with Gasteiger partial charge in [-0.25, -0.2) is 13.2 Å². The van der Waals surface area contributed by atoms with E-state index >= 15 is 0 Å². The van der Waals surface area contributed by atoms with Gasteiger partial charge in [0.1, 0.15) is 0 Å². The van der Waals surface area contributed by atoms with Crippen LogP contribution >= 0.6 is 0 Å². The third-order valence-electron chi connectivity index (χ3n) is 4.95. The first-order valence-corrected chi connectivity index (χ1v) is 10.8. The van der Waals surface area contributed by atoms with E-state index in [1.165, 1.54) is 4.31 Å². The fourth-order valence-corrected chi connectivity index (χ4v) is 4.99. The number of nitrogens with one attached hydrogen (secondary N) is 2. The van der Waals surface area contributed by atoms with Gasteiger partial charge in [-0.05, 0) is 31.9 Å². The molecule has 2 fully saturated rings. The van der Waals surface area contributed by atoms with Crippen molar-refractivity contribution in [1.29, 1.82) is 0 Å². The predicted octanol–water partition coefficient (Wildman–Crippen LogP) is 0.737. The molecule has 0 aromatic heterocycles. The molecule has 2 amide bonds. The summed E-state index contributed by atoms with van der Waals surface area (Å²) >= 11 is 0. The van der Waals surface area contributed by atoms with Gasteiger partial charge in [-0.1, -0.05) is 17.7 Å². The number of carbonyl (C=O) groups excluding carboxylic acids is 1. The van der Waals surface area contributed by atoms with Crippen molar-refractivity contribution in [3.8, 4) is 0 Å². The fraction of sp³-hybridized carbons (Fsp3) is 0.611. The standard InChI is InChI=1S/C18H28N4O4S/c1-15-4-6-16(7-5-15)27(24,25)22-9-2-3-17(22)20-18(23)19-8-10-21-11-13-26-14-12-21/h4-7,17H,2-3,8-14H2,1H3,(H2,19,20,23)/t17-/m1/s1. The summed E-state index contributed by atoms with van der Waals surface area (Å²) in [5, 5.41) is 5.63. The summed E-state index contributed by atoms with van der Waals surface area (Å²) in [7, 11) is -3.62. The molecule has 0 unspecified atom stereocenters. The number of hydrogen-bond acceptors (Lipinski definition) is 5. The van der Waals surface area contributed by atoms with Crippen LogP contribution < -0.4 is 10.6 Å². The molecule has 2 N–H and O–H groups in total. The van der Waals surface area contributed by atoms with Crippen molar-refractivity contribution in [2.24, 2.45) is 0 Å². The second kappa shape index (κ2) is 9.01. The Morgan fingerprint density at radius 3 is 2.59 bits per heavy atom. The van der Waals surface area contributed by atoms with Crippen molar-refractivity contribution < 1.29 is 17.9 Å². The Morgan fingerprint density at radius 2 is 1.89 bits per heavy atom. The first kappa shape index (κ1) is 20.1. The molecule has 0 spiro atoms. The minimum absolute atomic E-state index is 0.259. The number of rotatable bonds is 6. The van der Waals surface area contributed by atoms with Crippen molar-refractivity contribution in [3.63, 3.8) is 0 Å². The summed E-state index contributed by atoms with van der Waals surface area (Å²) in [4.78, 5) is 14.7. The van der Waals surface area contributed by atoms with E-state index in [-0.39, 0.29) is 10.9 Å². The highest BCUT2D eigenvalue weighted by Crippen LogP contribution is 2.24. The average Bonchev–Trinajstić information content (AvgIpc) is 3.12. The minimum Gasteiger partial charge on any atom is -0.379 e. The van der Waals surface area contributed by atoms with Crippen molar-refractivity contribution >= 4 is 16.1 Å². The zero-order valence-corrected chi connectivity index (χ0v) is 16.5. The van der Waals surface area contributed by atoms with Gasteiger partial charge >= 0.3 is 6.03 Å². The van der Waals surface area contributed by atoms with Gasteiger partial charge in [-0.2, -0.15) is 4.31 Å². The Hall–Kier alpha value is -1.68. The van der Waals surface area contributed by atoms with E-state index in [9.17, 15) is 13.2 Å². The lowest BCUT2D eigenvalue weighted by Crippen LogP contribution is -2.51. The topological polar surface area (TPSA) is 91.0 Å². The van der Waals surface area contributed by atoms with Crippen molar-refractivity contribution in [1.82, 2.24) is 19.8 Å². The van der Waals surface area contributed by atoms with Crippen molar-refractivity contribution in [2.75, 3.05) is 45.9 Å². The van der Waals surface area contributed by atoms with Gasteiger partial charge in [0.2, 0.25) is 10.0 Å². The molecule has 1 aromatic rings. The minimum atomic E-state index is -3.62. The van der Waals surface area contributed by atoms with Gasteiger partial charge in [0.15, 0.2) is 0 Å². The molecular weight excluding hydrogens is 368 g/mol. The number of carbonyl (C=O) groups is 1. The van der Waals surface area contributed by atoms with E-state index in [0.717, 1.165) is 44.8 Å². The second-order valence-electron chi connectivity index (χ2n) is 6.94. The molecule has 0 bridgehead atoms. The van der Waals surface area contributed by atoms with Crippen LogP contribution in [0, 0.1) is 6.92 Å². The van der Waals surface area contributed by atoms with Crippen LogP contribution in [-0.2, 0) is 14.8 Å². The zero-order valence-electron chi connectivity index (χ0n) is 15.7. The number of aryl methyl sites for hydroxylation is 1. The smallest absolute Gasteiger partial charge is 0.316 e. The largest absolute Gasteiger partial charge is 0.379 e. The molecule has 3 rings (SSSR count). The normalized spacial score (nSPS) is 21.9. The molecule has 27 heavy (non-hydrogen) atoms. The molecule has 8 nitrogen and oxygen atoms in total. The highest BCUT2D eigenvalue weighted by molar-refractivity contribution is 7.89. The Labute approximate surface area is 160 Å². The lowest BCUT2D eigenvalue weighted by Gasteiger charge is -2.27. The number of nitrogens with zero attached hydrogens (tertiary/aromatic N) is 2. The van der Waals surface area contributed by atoms with Crippen LogP contribution in [0.4, 0.5) is 4.79 Å². The molecule has 9 heteroatoms. The molecule has 1 aromatic carbocycles. The van der Waals surface area contributed by atoms with E-state index in [4.69, 9.17) is 4.74 Å². The number of benzene rings is 1. The molecule has 2 saturated heterocycles. The number of ether oxygens (including phenoxy) is 1. The number of amides is 2. The fourth-order valence-electron chi connectivity index (χ4n) is 3.37. The number of urea groups is 1. The maximum atomic E-state index is 12.9. The average molecular weight is 397 g/mol. The molecule has 2 aliphatic rings. The van der Waals surface area contributed by atoms with E-state index in [2.05, 4.69) is 15.5 Å². The molecule has 0 saturated carbocycles. The molecule has 1 atom stereocenters. The SMILES string of the molecule is Cc1ccc(S(=O)(=O)N2CCC[C@@H]2NC(=O)NCCN2CCOCC2)cc1. The summed E-state index contributed by atoms with van der Waals surface area (Å²) in [6.45, 7) is 6.78. The highest BCUT2D eigenvalue weighted by Gasteiger charge is 2.36. The van der Waals surface area contributed by atoms with E-state index < -0.39 is 16.2 Å². The highest BCUT2D eigenvalue weighted by atomic mass is 32.2. The Kier molecular flexibility index (Phi) is 6.69. The predicted molar refractivity (Wildman–Crippen MR) is 102 cm³/mol. The van der Waals surface area contributed by atoms with Gasteiger partial charge < -0.3 is 15.4 Å². The molecular formula is C18H28N4O4S. The third kappa shape index (κ3) is 5.19. The lowest BCUT2D eigenvalue weighted by atomic mass is 10.2. The van der Waals surface area contributed by atoms with Crippen LogP contribution in [0.15, 0.2) is 29.2 Å². The van der Waals surface area contributed by atoms with Gasteiger partial charge in [0.25, 0.3) is 0 Å². The monoisotopic (exact) mass is 396 g/mol. The Bertz CT molecular complexity index is 732. The Balaban J connectivity index is 1.52. The number of morpholine rings is 1. The zero-order chi connectivity index (χ0) is 19.3. The number of hydrogen-bond donors (Lipinski definition) is 2. The van der Waals surface area contributed by atoms with Crippen LogP contribution in [-0.4, -0.2) is 75.8 Å². The molecule has 150 valence electrons. The maximum absolute atomic E-state index is 12.9. The molecule has 0 aliphatic carbocycles. The summed E-state index contributed by atoms with van der Waals surface area (Å²) in [6.07, 6.45) is 0.825. The Morgan fingerprint density at radius 1 is 1.19 bits per heavy atom. The van der Waals surface area contributed by atoms with Crippen LogP contribution in [0.1, 0.15) is 18.4 Å². The van der Waals surface area contributed by atoms with Gasteiger partial charge in [0.05, 0.1) is 24.3 Å². The maximum Gasteiger partial charge on any atom is 0.316 e. The van der Waals surface area contributed by atoms with E-state index in [0.29, 0.717) is 19.5 Å². The van der Waals surface area contributed by atoms with Crippen LogP contribution in [0.25, 0.3) is 0 Å². The van der Waals surface area contributed by atoms with Gasteiger partial charge in [0, 0.05) is 32.7 Å². The summed E-state index contributed by atoms with van der Waals surface area (Å²) in [5.74, 6) is 0. The third-order valence-corrected chi connectivity index (χ3v) is 6.87. The summed E-state index contributed by atoms with van der Waals surface area (Å²) in [5.41, 5.74) is 1.00. The number of sulfonamides is 1. The van der Waals surface area contributed by atoms with Gasteiger partial charge in [-0.15, -0.1) is 0 Å². The lowest BCUT2D eigenvalue weighted by molar-refractivity contribution is 0.0387. The summed E-state index contributed by atoms with van der Waals surface area (Å²) in [6, 6.07) is 6.46. The van der Waals surface area contributed by atoms with E-state index in [1.54, 1.807) is 24.3 Å². The first-order chi connectivity index (χ1) is 13.0. The van der Waals surface area contributed by atoms with Crippen LogP contribution in [0.3, 0.4) is 0 Å². The summed E-state index contributed by atoms with van der Waals surface area (Å²) < 4.78 is 32.5. The first-order valence-electron chi connectivity index (χ1n) is 9.40. The molecule has 2 heterocycles. The quantitative estimate of drug-likeness (QED) is 0.740. The van der Waals surface area contributed by atoms with Crippen molar-refractivity contribution in [2.45, 2.75) is 30.8 Å². The van der Waals surface area contributed by atoms with Crippen LogP contribution in [0.2, 0.25) is 0 Å². The van der Waals surface area contributed by atoms with Crippen molar-refractivity contribution in [3.05, 3.63) is 29.8 Å².